The van der Waals surface area contributed by atoms with E-state index in [1.165, 1.54) is 31.3 Å². The first-order chi connectivity index (χ1) is 40.5. The number of nitrogens with zero attached hydrogens (tertiary/aromatic N) is 4. The standard InChI is InChI=1S/C61H73N9O14/c1-35(2)22-45(66-56(74)46-8-6-19-67(46)54(72)31-64-53(71)29-62)55(73)65-39-13-9-36(10-14-39)33-84-60(78)70-47-27-52(50(81-5)25-43(47)58(76)69-34-61(17-18-61)28-48(69)59(70)77)83-21-7-20-82-51-26-44-42(24-49(51)80-4)57(75)68-32-38(23-40(68)30-63-44)37-11-15-41(79-3)16-12-37/h9-16,24-27,32,35,40,45-46,48,59,63,77H,6-8,17-23,28-31,33-34,62H2,1-5H3,(H,64,71)(H,65,73)(H,66,74)/t40-,45-,46-,48-,59?/m0/s1. The van der Waals surface area contributed by atoms with Crippen molar-refractivity contribution >= 4 is 64.2 Å². The molecule has 23 heteroatoms. The third-order valence-corrected chi connectivity index (χ3v) is 16.5. The number of hydrogen-bond donors (Lipinski definition) is 6. The molecule has 7 amide bonds. The van der Waals surface area contributed by atoms with Gasteiger partial charge < -0.3 is 75.2 Å². The fourth-order valence-electron chi connectivity index (χ4n) is 11.8. The number of benzene rings is 4. The van der Waals surface area contributed by atoms with Crippen LogP contribution < -0.4 is 55.6 Å². The molecule has 5 atom stereocenters. The predicted molar refractivity (Wildman–Crippen MR) is 309 cm³/mol. The molecule has 1 aliphatic carbocycles. The van der Waals surface area contributed by atoms with Crippen LogP contribution in [0.3, 0.4) is 0 Å². The van der Waals surface area contributed by atoms with Gasteiger partial charge in [0.05, 0.1) is 82.2 Å². The Hall–Kier alpha value is -8.57. The Bertz CT molecular complexity index is 3200. The van der Waals surface area contributed by atoms with Crippen LogP contribution in [0.4, 0.5) is 21.9 Å². The van der Waals surface area contributed by atoms with Gasteiger partial charge in [-0.2, -0.15) is 0 Å². The highest BCUT2D eigenvalue weighted by atomic mass is 16.6. The fourth-order valence-corrected chi connectivity index (χ4v) is 11.8. The van der Waals surface area contributed by atoms with Crippen LogP contribution in [0, 0.1) is 11.3 Å². The Morgan fingerprint density at radius 3 is 2.23 bits per heavy atom. The topological polar surface area (TPSA) is 282 Å². The zero-order chi connectivity index (χ0) is 59.4. The van der Waals surface area contributed by atoms with Crippen LogP contribution in [0.15, 0.2) is 79.0 Å². The van der Waals surface area contributed by atoms with E-state index in [4.69, 9.17) is 34.2 Å². The van der Waals surface area contributed by atoms with E-state index in [1.54, 1.807) is 53.3 Å². The fraction of sp³-hybridized carbons (Fsp3) is 0.459. The van der Waals surface area contributed by atoms with Gasteiger partial charge in [0.1, 0.15) is 24.4 Å². The number of methoxy groups -OCH3 is 3. The van der Waals surface area contributed by atoms with Crippen molar-refractivity contribution in [3.63, 3.8) is 0 Å². The van der Waals surface area contributed by atoms with E-state index < -0.39 is 54.1 Å². The molecule has 84 heavy (non-hydrogen) atoms. The smallest absolute Gasteiger partial charge is 0.416 e. The van der Waals surface area contributed by atoms with E-state index in [0.29, 0.717) is 92.2 Å². The number of nitrogens with two attached hydrogens (primary N) is 1. The second-order valence-corrected chi connectivity index (χ2v) is 22.6. The van der Waals surface area contributed by atoms with Crippen LogP contribution >= 0.6 is 0 Å². The third-order valence-electron chi connectivity index (χ3n) is 16.5. The molecule has 10 rings (SSSR count). The second kappa shape index (κ2) is 25.1. The predicted octanol–water partition coefficient (Wildman–Crippen LogP) is 5.25. The maximum atomic E-state index is 14.5. The van der Waals surface area contributed by atoms with Crippen LogP contribution in [-0.4, -0.2) is 159 Å². The van der Waals surface area contributed by atoms with Gasteiger partial charge in [0, 0.05) is 50.1 Å². The number of ether oxygens (including phenoxy) is 6. The molecule has 4 aromatic carbocycles. The van der Waals surface area contributed by atoms with Gasteiger partial charge in [0.25, 0.3) is 11.8 Å². The molecule has 446 valence electrons. The number of fused-ring (bicyclic) bond motifs is 4. The van der Waals surface area contributed by atoms with E-state index >= 15 is 0 Å². The molecule has 23 nitrogen and oxygen atoms in total. The Morgan fingerprint density at radius 1 is 0.857 bits per heavy atom. The summed E-state index contributed by atoms with van der Waals surface area (Å²) in [7, 11) is 4.59. The van der Waals surface area contributed by atoms with Crippen molar-refractivity contribution in [3.8, 4) is 28.7 Å². The summed E-state index contributed by atoms with van der Waals surface area (Å²) in [5, 5.41) is 23.8. The maximum Gasteiger partial charge on any atom is 0.416 e. The summed E-state index contributed by atoms with van der Waals surface area (Å²) in [5.74, 6) is -0.328. The van der Waals surface area contributed by atoms with Crippen LogP contribution in [0.5, 0.6) is 28.7 Å². The average molecular weight is 1160 g/mol. The number of amides is 7. The summed E-state index contributed by atoms with van der Waals surface area (Å²) >= 11 is 0. The summed E-state index contributed by atoms with van der Waals surface area (Å²) < 4.78 is 35.2. The van der Waals surface area contributed by atoms with E-state index in [2.05, 4.69) is 21.3 Å². The number of anilines is 3. The highest BCUT2D eigenvalue weighted by molar-refractivity contribution is 6.06. The van der Waals surface area contributed by atoms with Crippen molar-refractivity contribution in [2.45, 2.75) is 102 Å². The second-order valence-electron chi connectivity index (χ2n) is 22.6. The summed E-state index contributed by atoms with van der Waals surface area (Å²) in [6.45, 7) is 4.63. The number of carbonyl (C=O) groups excluding carboxylic acids is 7. The van der Waals surface area contributed by atoms with Crippen molar-refractivity contribution in [1.82, 2.24) is 25.3 Å². The largest absolute Gasteiger partial charge is 0.497 e. The van der Waals surface area contributed by atoms with E-state index in [0.717, 1.165) is 34.6 Å². The highest BCUT2D eigenvalue weighted by Gasteiger charge is 2.58. The lowest BCUT2D eigenvalue weighted by Gasteiger charge is -2.31. The highest BCUT2D eigenvalue weighted by Crippen LogP contribution is 2.57. The van der Waals surface area contributed by atoms with E-state index in [-0.39, 0.29) is 84.8 Å². The molecule has 1 spiro atoms. The normalized spacial score (nSPS) is 20.3. The first kappa shape index (κ1) is 58.6. The van der Waals surface area contributed by atoms with Gasteiger partial charge >= 0.3 is 6.09 Å². The minimum Gasteiger partial charge on any atom is -0.497 e. The molecule has 4 aromatic rings. The van der Waals surface area contributed by atoms with Crippen molar-refractivity contribution in [3.05, 3.63) is 101 Å². The van der Waals surface area contributed by atoms with Crippen LogP contribution in [0.25, 0.3) is 5.57 Å². The minimum atomic E-state index is -1.47. The van der Waals surface area contributed by atoms with Gasteiger partial charge in [-0.3, -0.25) is 28.8 Å². The molecule has 0 radical (unpaired) electrons. The molecule has 3 fully saturated rings. The Kier molecular flexibility index (Phi) is 17.5. The molecule has 0 aromatic heterocycles. The Labute approximate surface area is 487 Å². The average Bonchev–Trinajstić information content (AvgIpc) is 2.03. The van der Waals surface area contributed by atoms with Gasteiger partial charge in [0.2, 0.25) is 23.6 Å². The zero-order valence-corrected chi connectivity index (χ0v) is 47.9. The van der Waals surface area contributed by atoms with Gasteiger partial charge in [-0.15, -0.1) is 0 Å². The molecule has 5 heterocycles. The summed E-state index contributed by atoms with van der Waals surface area (Å²) in [6, 6.07) is 18.3. The molecule has 7 N–H and O–H groups in total. The third kappa shape index (κ3) is 12.5. The number of hydrogen-bond acceptors (Lipinski definition) is 16. The van der Waals surface area contributed by atoms with Gasteiger partial charge in [-0.25, -0.2) is 9.69 Å². The number of carbonyl (C=O) groups is 7. The summed E-state index contributed by atoms with van der Waals surface area (Å²) in [4.78, 5) is 101. The van der Waals surface area contributed by atoms with Gasteiger partial charge in [0.15, 0.2) is 29.2 Å². The maximum absolute atomic E-state index is 14.5. The van der Waals surface area contributed by atoms with Crippen LogP contribution in [-0.2, 0) is 30.5 Å². The van der Waals surface area contributed by atoms with Gasteiger partial charge in [-0.05, 0) is 109 Å². The van der Waals surface area contributed by atoms with Crippen LogP contribution in [0.2, 0.25) is 0 Å². The lowest BCUT2D eigenvalue weighted by Crippen LogP contribution is -2.53. The lowest BCUT2D eigenvalue weighted by atomic mass is 10.0. The molecule has 5 aliphatic heterocycles. The van der Waals surface area contributed by atoms with E-state index in [9.17, 15) is 38.7 Å². The number of likely N-dealkylation sites (tertiary alicyclic amines) is 1. The first-order valence-corrected chi connectivity index (χ1v) is 28.5. The Morgan fingerprint density at radius 2 is 1.56 bits per heavy atom. The summed E-state index contributed by atoms with van der Waals surface area (Å²) in [5.41, 5.74) is 9.54. The number of nitrogens with one attached hydrogen (secondary N) is 4. The SMILES string of the molecule is COc1ccc(C2=CN3C(=O)c4cc(OC)c(OCCCOc5cc6c(cc5OC)C(=O)N5CC7(CC7)C[C@H]5C(O)N6C(=O)OCc5ccc(NC(=O)[C@H](CC(C)C)NC(=O)[C@@H]6CCCN6C(=O)CNC(=O)CN)cc5)cc4NC[C@@H]3C2)cc1. The lowest BCUT2D eigenvalue weighted by molar-refractivity contribution is -0.139. The monoisotopic (exact) mass is 1160 g/mol. The van der Waals surface area contributed by atoms with Crippen molar-refractivity contribution in [2.24, 2.45) is 17.1 Å². The molecule has 1 saturated carbocycles. The quantitative estimate of drug-likeness (QED) is 0.0582. The zero-order valence-electron chi connectivity index (χ0n) is 47.9. The van der Waals surface area contributed by atoms with Gasteiger partial charge in [-0.1, -0.05) is 38.1 Å². The van der Waals surface area contributed by atoms with E-state index in [1.807, 2.05) is 44.3 Å². The number of rotatable bonds is 21. The molecular formula is C61H73N9O14. The first-order valence-electron chi connectivity index (χ1n) is 28.5. The minimum absolute atomic E-state index is 0.0216. The van der Waals surface area contributed by atoms with Crippen molar-refractivity contribution in [1.29, 1.82) is 0 Å². The molecule has 1 unspecified atom stereocenters. The molecule has 0 bridgehead atoms. The Balaban J connectivity index is 0.780. The summed E-state index contributed by atoms with van der Waals surface area (Å²) in [6.07, 6.45) is 4.20. The van der Waals surface area contributed by atoms with Crippen molar-refractivity contribution < 1.29 is 67.1 Å². The number of aliphatic hydroxyl groups is 1. The molecular weight excluding hydrogens is 1080 g/mol. The molecule has 6 aliphatic rings. The molecule has 2 saturated heterocycles. The number of aliphatic hydroxyl groups excluding tert-OH is 1. The van der Waals surface area contributed by atoms with Crippen LogP contribution in [0.1, 0.15) is 97.1 Å². The van der Waals surface area contributed by atoms with Crippen molar-refractivity contribution in [2.75, 3.05) is 82.8 Å².